The molecule has 0 unspecified atom stereocenters. The molecule has 0 saturated heterocycles. The Balaban J connectivity index is 1.76. The largest absolute Gasteiger partial charge is 0.297 e. The van der Waals surface area contributed by atoms with Crippen molar-refractivity contribution in [3.8, 4) is 5.69 Å². The Hall–Kier alpha value is -2.22. The molecule has 3 heterocycles. The van der Waals surface area contributed by atoms with E-state index in [-0.39, 0.29) is 5.91 Å². The maximum absolute atomic E-state index is 12.4. The van der Waals surface area contributed by atoms with E-state index < -0.39 is 0 Å². The number of rotatable bonds is 3. The van der Waals surface area contributed by atoms with Crippen LogP contribution < -0.4 is 5.32 Å². The van der Waals surface area contributed by atoms with Crippen molar-refractivity contribution in [1.82, 2.24) is 14.8 Å². The summed E-state index contributed by atoms with van der Waals surface area (Å²) in [4.78, 5) is 18.0. The fraction of sp³-hybridized carbons (Fsp3) is 0.0625. The summed E-state index contributed by atoms with van der Waals surface area (Å²) in [5.41, 5.74) is 1.74. The number of carbonyl (C=O) groups is 1. The van der Waals surface area contributed by atoms with Crippen molar-refractivity contribution >= 4 is 55.5 Å². The van der Waals surface area contributed by atoms with E-state index in [1.165, 1.54) is 22.7 Å². The Labute approximate surface area is 150 Å². The SMILES string of the molecule is Cc1nn(-c2cccc(Cl)c2)c2sc(C(=O)Nc3nccs3)cc12. The maximum Gasteiger partial charge on any atom is 0.267 e. The molecule has 8 heteroatoms. The lowest BCUT2D eigenvalue weighted by molar-refractivity contribution is 0.103. The third-order valence-corrected chi connectivity index (χ3v) is 5.51. The van der Waals surface area contributed by atoms with Gasteiger partial charge in [0.05, 0.1) is 16.3 Å². The van der Waals surface area contributed by atoms with E-state index in [1.54, 1.807) is 6.20 Å². The van der Waals surface area contributed by atoms with Crippen molar-refractivity contribution in [3.05, 3.63) is 57.5 Å². The number of nitrogens with zero attached hydrogens (tertiary/aromatic N) is 3. The Bertz CT molecular complexity index is 1040. The summed E-state index contributed by atoms with van der Waals surface area (Å²) >= 11 is 8.87. The molecule has 0 atom stereocenters. The third kappa shape index (κ3) is 2.71. The van der Waals surface area contributed by atoms with Crippen molar-refractivity contribution < 1.29 is 4.79 Å². The second-order valence-corrected chi connectivity index (χ2v) is 7.46. The van der Waals surface area contributed by atoms with Crippen LogP contribution in [0.4, 0.5) is 5.13 Å². The fourth-order valence-electron chi connectivity index (χ4n) is 2.39. The second kappa shape index (κ2) is 6.01. The summed E-state index contributed by atoms with van der Waals surface area (Å²) in [5.74, 6) is -0.164. The molecule has 0 radical (unpaired) electrons. The minimum absolute atomic E-state index is 0.164. The van der Waals surface area contributed by atoms with Crippen LogP contribution in [0.25, 0.3) is 15.9 Å². The molecule has 0 aliphatic heterocycles. The van der Waals surface area contributed by atoms with Crippen LogP contribution in [0, 0.1) is 6.92 Å². The van der Waals surface area contributed by atoms with Crippen LogP contribution >= 0.6 is 34.3 Å². The summed E-state index contributed by atoms with van der Waals surface area (Å²) in [6, 6.07) is 9.35. The number of fused-ring (bicyclic) bond motifs is 1. The topological polar surface area (TPSA) is 59.8 Å². The van der Waals surface area contributed by atoms with Crippen molar-refractivity contribution in [2.45, 2.75) is 6.92 Å². The molecular formula is C16H11ClN4OS2. The lowest BCUT2D eigenvalue weighted by Crippen LogP contribution is -2.09. The zero-order chi connectivity index (χ0) is 16.7. The minimum atomic E-state index is -0.164. The van der Waals surface area contributed by atoms with Gasteiger partial charge in [-0.3, -0.25) is 10.1 Å². The number of benzene rings is 1. The van der Waals surface area contributed by atoms with Gasteiger partial charge in [0, 0.05) is 22.0 Å². The molecule has 0 bridgehead atoms. The zero-order valence-corrected chi connectivity index (χ0v) is 14.9. The van der Waals surface area contributed by atoms with Crippen molar-refractivity contribution in [1.29, 1.82) is 0 Å². The van der Waals surface area contributed by atoms with Gasteiger partial charge < -0.3 is 0 Å². The number of hydrogen-bond donors (Lipinski definition) is 1. The zero-order valence-electron chi connectivity index (χ0n) is 12.5. The molecule has 0 spiro atoms. The first-order valence-electron chi connectivity index (χ1n) is 7.08. The normalized spacial score (nSPS) is 11.1. The van der Waals surface area contributed by atoms with Crippen LogP contribution in [0.2, 0.25) is 5.02 Å². The smallest absolute Gasteiger partial charge is 0.267 e. The van der Waals surface area contributed by atoms with Gasteiger partial charge in [-0.25, -0.2) is 9.67 Å². The number of carbonyl (C=O) groups excluding carboxylic acids is 1. The van der Waals surface area contributed by atoms with E-state index in [0.29, 0.717) is 15.0 Å². The first-order chi connectivity index (χ1) is 11.6. The number of aryl methyl sites for hydroxylation is 1. The Morgan fingerprint density at radius 1 is 1.33 bits per heavy atom. The average molecular weight is 375 g/mol. The van der Waals surface area contributed by atoms with E-state index in [2.05, 4.69) is 15.4 Å². The molecule has 0 aliphatic carbocycles. The number of thiophene rings is 1. The van der Waals surface area contributed by atoms with Crippen molar-refractivity contribution in [2.24, 2.45) is 0 Å². The molecule has 4 rings (SSSR count). The monoisotopic (exact) mass is 374 g/mol. The van der Waals surface area contributed by atoms with E-state index >= 15 is 0 Å². The molecule has 0 fully saturated rings. The number of thiazole rings is 1. The van der Waals surface area contributed by atoms with Crippen LogP contribution in [0.1, 0.15) is 15.4 Å². The van der Waals surface area contributed by atoms with E-state index in [4.69, 9.17) is 11.6 Å². The van der Waals surface area contributed by atoms with Crippen LogP contribution in [-0.2, 0) is 0 Å². The van der Waals surface area contributed by atoms with E-state index in [0.717, 1.165) is 21.6 Å². The highest BCUT2D eigenvalue weighted by Crippen LogP contribution is 2.31. The van der Waals surface area contributed by atoms with Crippen LogP contribution in [0.5, 0.6) is 0 Å². The van der Waals surface area contributed by atoms with Gasteiger partial charge in [-0.05, 0) is 31.2 Å². The number of anilines is 1. The van der Waals surface area contributed by atoms with Crippen LogP contribution in [-0.4, -0.2) is 20.7 Å². The predicted octanol–water partition coefficient (Wildman–Crippen LogP) is 4.76. The number of halogens is 1. The van der Waals surface area contributed by atoms with Gasteiger partial charge in [0.25, 0.3) is 5.91 Å². The molecule has 4 aromatic rings. The first-order valence-corrected chi connectivity index (χ1v) is 9.15. The lowest BCUT2D eigenvalue weighted by Gasteiger charge is -2.02. The summed E-state index contributed by atoms with van der Waals surface area (Å²) in [7, 11) is 0. The molecule has 0 aliphatic rings. The number of nitrogens with one attached hydrogen (secondary N) is 1. The number of amides is 1. The van der Waals surface area contributed by atoms with Crippen LogP contribution in [0.15, 0.2) is 41.9 Å². The van der Waals surface area contributed by atoms with Crippen molar-refractivity contribution in [2.75, 3.05) is 5.32 Å². The third-order valence-electron chi connectivity index (χ3n) is 3.47. The maximum atomic E-state index is 12.4. The Morgan fingerprint density at radius 2 is 2.21 bits per heavy atom. The molecule has 3 aromatic heterocycles. The van der Waals surface area contributed by atoms with E-state index in [1.807, 2.05) is 47.3 Å². The molecule has 5 nitrogen and oxygen atoms in total. The lowest BCUT2D eigenvalue weighted by atomic mass is 10.3. The average Bonchev–Trinajstić information content (AvgIpc) is 3.26. The van der Waals surface area contributed by atoms with Gasteiger partial charge in [0.15, 0.2) is 5.13 Å². The van der Waals surface area contributed by atoms with Crippen LogP contribution in [0.3, 0.4) is 0 Å². The molecule has 0 saturated carbocycles. The summed E-state index contributed by atoms with van der Waals surface area (Å²) in [5, 5.41) is 11.4. The van der Waals surface area contributed by atoms with Gasteiger partial charge in [0.2, 0.25) is 0 Å². The molecule has 120 valence electrons. The standard InChI is InChI=1S/C16H11ClN4OS2/c1-9-12-8-13(14(22)19-16-18-5-6-23-16)24-15(12)21(20-9)11-4-2-3-10(17)7-11/h2-8H,1H3,(H,18,19,22). The molecular weight excluding hydrogens is 364 g/mol. The first kappa shape index (κ1) is 15.3. The Kier molecular flexibility index (Phi) is 3.84. The highest BCUT2D eigenvalue weighted by molar-refractivity contribution is 7.20. The number of hydrogen-bond acceptors (Lipinski definition) is 5. The molecule has 1 amide bonds. The summed E-state index contributed by atoms with van der Waals surface area (Å²) in [6.07, 6.45) is 1.66. The van der Waals surface area contributed by atoms with Gasteiger partial charge in [-0.1, -0.05) is 17.7 Å². The predicted molar refractivity (Wildman–Crippen MR) is 98.8 cm³/mol. The molecule has 1 aromatic carbocycles. The summed E-state index contributed by atoms with van der Waals surface area (Å²) < 4.78 is 1.82. The van der Waals surface area contributed by atoms with Gasteiger partial charge >= 0.3 is 0 Å². The number of aromatic nitrogens is 3. The quantitative estimate of drug-likeness (QED) is 0.562. The Morgan fingerprint density at radius 3 is 2.96 bits per heavy atom. The van der Waals surface area contributed by atoms with Crippen molar-refractivity contribution in [3.63, 3.8) is 0 Å². The second-order valence-electron chi connectivity index (χ2n) is 5.10. The minimum Gasteiger partial charge on any atom is -0.297 e. The van der Waals surface area contributed by atoms with E-state index in [9.17, 15) is 4.79 Å². The fourth-order valence-corrected chi connectivity index (χ4v) is 4.17. The van der Waals surface area contributed by atoms with Gasteiger partial charge in [0.1, 0.15) is 4.83 Å². The highest BCUT2D eigenvalue weighted by atomic mass is 35.5. The van der Waals surface area contributed by atoms with Gasteiger partial charge in [-0.15, -0.1) is 22.7 Å². The molecule has 1 N–H and O–H groups in total. The summed E-state index contributed by atoms with van der Waals surface area (Å²) in [6.45, 7) is 1.93. The molecule has 24 heavy (non-hydrogen) atoms. The van der Waals surface area contributed by atoms with Gasteiger partial charge in [-0.2, -0.15) is 5.10 Å². The highest BCUT2D eigenvalue weighted by Gasteiger charge is 2.17.